The molecule has 1 aromatic rings. The minimum atomic E-state index is -0.655. The molecule has 0 amide bonds. The van der Waals surface area contributed by atoms with Gasteiger partial charge < -0.3 is 19.6 Å². The molecule has 1 atom stereocenters. The van der Waals surface area contributed by atoms with Crippen molar-refractivity contribution in [3.8, 4) is 6.07 Å². The molecule has 0 aliphatic carbocycles. The second-order valence-electron chi connectivity index (χ2n) is 5.13. The van der Waals surface area contributed by atoms with Gasteiger partial charge in [-0.2, -0.15) is 5.26 Å². The van der Waals surface area contributed by atoms with Crippen molar-refractivity contribution in [2.75, 3.05) is 12.4 Å². The van der Waals surface area contributed by atoms with Crippen LogP contribution in [-0.2, 0) is 14.3 Å². The molecule has 2 heterocycles. The maximum atomic E-state index is 12.4. The molecule has 1 aromatic heterocycles. The van der Waals surface area contributed by atoms with Crippen LogP contribution < -0.4 is 5.73 Å². The molecule has 7 heteroatoms. The van der Waals surface area contributed by atoms with Crippen molar-refractivity contribution in [1.82, 2.24) is 0 Å². The Kier molecular flexibility index (Phi) is 5.62. The summed E-state index contributed by atoms with van der Waals surface area (Å²) >= 11 is 1.54. The molecular weight excluding hydrogens is 328 g/mol. The molecule has 24 heavy (non-hydrogen) atoms. The van der Waals surface area contributed by atoms with Crippen LogP contribution in [0.15, 0.2) is 38.4 Å². The maximum Gasteiger partial charge on any atom is 0.338 e. The van der Waals surface area contributed by atoms with Crippen molar-refractivity contribution < 1.29 is 18.7 Å². The third kappa shape index (κ3) is 3.29. The van der Waals surface area contributed by atoms with E-state index in [2.05, 4.69) is 6.07 Å². The molecule has 1 aliphatic heterocycles. The zero-order valence-electron chi connectivity index (χ0n) is 14.1. The summed E-state index contributed by atoms with van der Waals surface area (Å²) in [5, 5.41) is 10.3. The standard InChI is InChI=1S/C17H20N2O4S/c1-5-21-17(20)14-10(4)23-16(19)12(8-18)15(14)11-7-13(24-6-2)22-9(11)3/h7,15H,5-6,19H2,1-4H3/t15-/m0/s1. The van der Waals surface area contributed by atoms with E-state index in [-0.39, 0.29) is 23.6 Å². The Morgan fingerprint density at radius 2 is 2.17 bits per heavy atom. The number of nitrogens with zero attached hydrogens (tertiary/aromatic N) is 1. The number of nitrogens with two attached hydrogens (primary N) is 1. The van der Waals surface area contributed by atoms with Crippen LogP contribution >= 0.6 is 11.8 Å². The summed E-state index contributed by atoms with van der Waals surface area (Å²) < 4.78 is 16.3. The van der Waals surface area contributed by atoms with E-state index in [0.29, 0.717) is 11.5 Å². The van der Waals surface area contributed by atoms with Gasteiger partial charge >= 0.3 is 5.97 Å². The molecular formula is C17H20N2O4S. The number of esters is 1. The predicted octanol–water partition coefficient (Wildman–Crippen LogP) is 3.34. The third-order valence-corrected chi connectivity index (χ3v) is 4.41. The van der Waals surface area contributed by atoms with Gasteiger partial charge in [0.2, 0.25) is 5.88 Å². The molecule has 1 aliphatic rings. The van der Waals surface area contributed by atoms with E-state index in [4.69, 9.17) is 19.6 Å². The fourth-order valence-corrected chi connectivity index (χ4v) is 3.31. The highest BCUT2D eigenvalue weighted by Crippen LogP contribution is 2.42. The first kappa shape index (κ1) is 18.0. The summed E-state index contributed by atoms with van der Waals surface area (Å²) in [7, 11) is 0. The summed E-state index contributed by atoms with van der Waals surface area (Å²) in [6.45, 7) is 7.40. The molecule has 0 unspecified atom stereocenters. The SMILES string of the molecule is CCOC(=O)C1=C(C)OC(N)=C(C#N)[C@@H]1c1cc(SCC)oc1C. The number of carbonyl (C=O) groups is 1. The minimum Gasteiger partial charge on any atom is -0.463 e. The van der Waals surface area contributed by atoms with Gasteiger partial charge in [0.1, 0.15) is 23.2 Å². The van der Waals surface area contributed by atoms with Gasteiger partial charge in [0, 0.05) is 5.56 Å². The van der Waals surface area contributed by atoms with Gasteiger partial charge in [0.05, 0.1) is 18.1 Å². The monoisotopic (exact) mass is 348 g/mol. The number of carbonyl (C=O) groups excluding carboxylic acids is 1. The van der Waals surface area contributed by atoms with Crippen LogP contribution in [-0.4, -0.2) is 18.3 Å². The molecule has 0 saturated carbocycles. The largest absolute Gasteiger partial charge is 0.463 e. The fourth-order valence-electron chi connectivity index (χ4n) is 2.63. The Balaban J connectivity index is 2.60. The fraction of sp³-hybridized carbons (Fsp3) is 0.412. The number of nitriles is 1. The first-order valence-corrected chi connectivity index (χ1v) is 8.61. The Morgan fingerprint density at radius 3 is 2.75 bits per heavy atom. The normalized spacial score (nSPS) is 17.5. The molecule has 0 fully saturated rings. The molecule has 2 N–H and O–H groups in total. The van der Waals surface area contributed by atoms with Crippen molar-refractivity contribution in [3.63, 3.8) is 0 Å². The van der Waals surface area contributed by atoms with Gasteiger partial charge in [-0.3, -0.25) is 0 Å². The molecule has 0 bridgehead atoms. The Hall–Kier alpha value is -2.33. The molecule has 0 aromatic carbocycles. The number of thioether (sulfide) groups is 1. The van der Waals surface area contributed by atoms with Crippen LogP contribution in [0.5, 0.6) is 0 Å². The highest BCUT2D eigenvalue weighted by atomic mass is 32.2. The average Bonchev–Trinajstić information content (AvgIpc) is 2.87. The molecule has 128 valence electrons. The second-order valence-corrected chi connectivity index (χ2v) is 6.39. The van der Waals surface area contributed by atoms with E-state index in [0.717, 1.165) is 16.4 Å². The summed E-state index contributed by atoms with van der Waals surface area (Å²) in [4.78, 5) is 12.4. The minimum absolute atomic E-state index is 0.00153. The molecule has 0 saturated heterocycles. The lowest BCUT2D eigenvalue weighted by Crippen LogP contribution is -2.25. The average molecular weight is 348 g/mol. The van der Waals surface area contributed by atoms with E-state index in [1.165, 1.54) is 0 Å². The van der Waals surface area contributed by atoms with Gasteiger partial charge in [-0.05, 0) is 32.6 Å². The van der Waals surface area contributed by atoms with Crippen LogP contribution in [0.3, 0.4) is 0 Å². The third-order valence-electron chi connectivity index (χ3n) is 3.63. The zero-order valence-corrected chi connectivity index (χ0v) is 15.0. The Labute approximate surface area is 145 Å². The van der Waals surface area contributed by atoms with Crippen LogP contribution in [0.1, 0.15) is 38.0 Å². The first-order valence-electron chi connectivity index (χ1n) is 7.63. The van der Waals surface area contributed by atoms with E-state index >= 15 is 0 Å². The predicted molar refractivity (Wildman–Crippen MR) is 89.8 cm³/mol. The van der Waals surface area contributed by atoms with Crippen molar-refractivity contribution in [2.24, 2.45) is 5.73 Å². The van der Waals surface area contributed by atoms with E-state index in [1.807, 2.05) is 13.0 Å². The van der Waals surface area contributed by atoms with Gasteiger partial charge in [-0.1, -0.05) is 18.7 Å². The number of rotatable bonds is 5. The van der Waals surface area contributed by atoms with Crippen LogP contribution in [0.2, 0.25) is 0 Å². The Bertz CT molecular complexity index is 755. The lowest BCUT2D eigenvalue weighted by Gasteiger charge is -2.26. The maximum absolute atomic E-state index is 12.4. The van der Waals surface area contributed by atoms with Crippen LogP contribution in [0, 0.1) is 18.3 Å². The van der Waals surface area contributed by atoms with Crippen molar-refractivity contribution in [1.29, 1.82) is 5.26 Å². The van der Waals surface area contributed by atoms with Gasteiger partial charge in [0.15, 0.2) is 5.09 Å². The number of aryl methyl sites for hydroxylation is 1. The summed E-state index contributed by atoms with van der Waals surface area (Å²) in [5.74, 6) is 0.637. The molecule has 6 nitrogen and oxygen atoms in total. The van der Waals surface area contributed by atoms with Crippen LogP contribution in [0.25, 0.3) is 0 Å². The van der Waals surface area contributed by atoms with Crippen molar-refractivity contribution in [3.05, 3.63) is 40.2 Å². The van der Waals surface area contributed by atoms with Crippen LogP contribution in [0.4, 0.5) is 0 Å². The molecule has 0 radical (unpaired) electrons. The van der Waals surface area contributed by atoms with Crippen molar-refractivity contribution >= 4 is 17.7 Å². The van der Waals surface area contributed by atoms with Gasteiger partial charge in [-0.25, -0.2) is 4.79 Å². The number of allylic oxidation sites excluding steroid dienone is 2. The summed E-state index contributed by atoms with van der Waals surface area (Å²) in [6, 6.07) is 3.90. The molecule has 2 rings (SSSR count). The van der Waals surface area contributed by atoms with Gasteiger partial charge in [0.25, 0.3) is 0 Å². The van der Waals surface area contributed by atoms with Crippen molar-refractivity contribution in [2.45, 2.75) is 38.7 Å². The smallest absolute Gasteiger partial charge is 0.338 e. The van der Waals surface area contributed by atoms with E-state index in [1.54, 1.807) is 32.5 Å². The zero-order chi connectivity index (χ0) is 17.9. The van der Waals surface area contributed by atoms with Gasteiger partial charge in [-0.15, -0.1) is 0 Å². The van der Waals surface area contributed by atoms with E-state index < -0.39 is 11.9 Å². The summed E-state index contributed by atoms with van der Waals surface area (Å²) in [5.41, 5.74) is 7.05. The quantitative estimate of drug-likeness (QED) is 0.643. The number of furan rings is 1. The molecule has 0 spiro atoms. The lowest BCUT2D eigenvalue weighted by molar-refractivity contribution is -0.139. The highest BCUT2D eigenvalue weighted by Gasteiger charge is 2.38. The first-order chi connectivity index (χ1) is 11.4. The Morgan fingerprint density at radius 1 is 1.46 bits per heavy atom. The number of ether oxygens (including phenoxy) is 2. The number of hydrogen-bond acceptors (Lipinski definition) is 7. The number of hydrogen-bond donors (Lipinski definition) is 1. The lowest BCUT2D eigenvalue weighted by atomic mass is 9.83. The summed E-state index contributed by atoms with van der Waals surface area (Å²) in [6.07, 6.45) is 0. The highest BCUT2D eigenvalue weighted by molar-refractivity contribution is 7.99. The topological polar surface area (TPSA) is 98.5 Å². The second kappa shape index (κ2) is 7.49. The van der Waals surface area contributed by atoms with E-state index in [9.17, 15) is 10.1 Å².